The van der Waals surface area contributed by atoms with E-state index in [0.29, 0.717) is 57.2 Å². The molecule has 8 nitrogen and oxygen atoms in total. The Morgan fingerprint density at radius 1 is 1.00 bits per heavy atom. The fraction of sp³-hybridized carbons (Fsp3) is 0.346. The third kappa shape index (κ3) is 6.02. The Labute approximate surface area is 199 Å². The standard InChI is InChI=1S/C26H30N4O4/c1-19-24(20(2)34-28-19)18-33-23-10-8-22(9-11-23)26(32)30-14-12-29(13-15-30)17-25(31)27-16-21-6-4-3-5-7-21/h3-11H,12-18H2,1-2H3,(H,27,31). The van der Waals surface area contributed by atoms with Crippen LogP contribution in [-0.2, 0) is 17.9 Å². The number of hydrogen-bond donors (Lipinski definition) is 1. The van der Waals surface area contributed by atoms with Gasteiger partial charge in [-0.25, -0.2) is 0 Å². The molecule has 1 aliphatic rings. The van der Waals surface area contributed by atoms with E-state index in [1.807, 2.05) is 49.1 Å². The Kier molecular flexibility index (Phi) is 7.59. The van der Waals surface area contributed by atoms with Crippen molar-refractivity contribution in [2.75, 3.05) is 32.7 Å². The molecule has 34 heavy (non-hydrogen) atoms. The second kappa shape index (κ2) is 11.0. The molecule has 0 bridgehead atoms. The number of hydrogen-bond acceptors (Lipinski definition) is 6. The number of amides is 2. The number of nitrogens with zero attached hydrogens (tertiary/aromatic N) is 3. The molecule has 1 aliphatic heterocycles. The molecule has 0 unspecified atom stereocenters. The summed E-state index contributed by atoms with van der Waals surface area (Å²) in [5.41, 5.74) is 3.45. The van der Waals surface area contributed by atoms with Crippen molar-refractivity contribution in [1.82, 2.24) is 20.3 Å². The first-order valence-corrected chi connectivity index (χ1v) is 11.5. The SMILES string of the molecule is Cc1noc(C)c1COc1ccc(C(=O)N2CCN(CC(=O)NCc3ccccc3)CC2)cc1. The highest BCUT2D eigenvalue weighted by Crippen LogP contribution is 2.19. The zero-order valence-electron chi connectivity index (χ0n) is 19.6. The van der Waals surface area contributed by atoms with Crippen LogP contribution in [0.4, 0.5) is 0 Å². The van der Waals surface area contributed by atoms with Gasteiger partial charge in [0.25, 0.3) is 5.91 Å². The molecule has 4 rings (SSSR count). The summed E-state index contributed by atoms with van der Waals surface area (Å²) < 4.78 is 11.0. The number of benzene rings is 2. The number of piperazine rings is 1. The number of ether oxygens (including phenoxy) is 1. The summed E-state index contributed by atoms with van der Waals surface area (Å²) in [4.78, 5) is 29.1. The predicted octanol–water partition coefficient (Wildman–Crippen LogP) is 2.94. The lowest BCUT2D eigenvalue weighted by Gasteiger charge is -2.34. The van der Waals surface area contributed by atoms with E-state index < -0.39 is 0 Å². The minimum absolute atomic E-state index is 0.00388. The summed E-state index contributed by atoms with van der Waals surface area (Å²) in [6.45, 7) is 7.50. The van der Waals surface area contributed by atoms with Crippen molar-refractivity contribution in [3.05, 3.63) is 82.7 Å². The largest absolute Gasteiger partial charge is 0.489 e. The molecule has 0 aliphatic carbocycles. The third-order valence-electron chi connectivity index (χ3n) is 6.02. The number of carbonyl (C=O) groups is 2. The molecular formula is C26H30N4O4. The van der Waals surface area contributed by atoms with Crippen LogP contribution in [0, 0.1) is 13.8 Å². The summed E-state index contributed by atoms with van der Waals surface area (Å²) in [6, 6.07) is 17.0. The monoisotopic (exact) mass is 462 g/mol. The van der Waals surface area contributed by atoms with Gasteiger partial charge in [-0.1, -0.05) is 35.5 Å². The molecule has 178 valence electrons. The zero-order chi connectivity index (χ0) is 23.9. The van der Waals surface area contributed by atoms with Gasteiger partial charge in [0, 0.05) is 38.3 Å². The maximum absolute atomic E-state index is 12.9. The number of rotatable bonds is 8. The molecule has 2 aromatic carbocycles. The summed E-state index contributed by atoms with van der Waals surface area (Å²) in [6.07, 6.45) is 0. The van der Waals surface area contributed by atoms with Gasteiger partial charge in [-0.15, -0.1) is 0 Å². The number of carbonyl (C=O) groups excluding carboxylic acids is 2. The molecule has 1 aromatic heterocycles. The number of aryl methyl sites for hydroxylation is 2. The van der Waals surface area contributed by atoms with E-state index in [-0.39, 0.29) is 11.8 Å². The van der Waals surface area contributed by atoms with Crippen molar-refractivity contribution in [2.24, 2.45) is 0 Å². The molecule has 8 heteroatoms. The molecule has 1 N–H and O–H groups in total. The zero-order valence-corrected chi connectivity index (χ0v) is 19.6. The molecule has 0 radical (unpaired) electrons. The van der Waals surface area contributed by atoms with Crippen LogP contribution in [-0.4, -0.2) is 59.5 Å². The first kappa shape index (κ1) is 23.5. The lowest BCUT2D eigenvalue weighted by molar-refractivity contribution is -0.122. The third-order valence-corrected chi connectivity index (χ3v) is 6.02. The maximum Gasteiger partial charge on any atom is 0.253 e. The average Bonchev–Trinajstić information content (AvgIpc) is 3.19. The highest BCUT2D eigenvalue weighted by Gasteiger charge is 2.23. The van der Waals surface area contributed by atoms with Gasteiger partial charge >= 0.3 is 0 Å². The van der Waals surface area contributed by atoms with Crippen molar-refractivity contribution in [1.29, 1.82) is 0 Å². The molecule has 0 saturated carbocycles. The molecular weight excluding hydrogens is 432 g/mol. The van der Waals surface area contributed by atoms with Gasteiger partial charge in [0.05, 0.1) is 17.8 Å². The van der Waals surface area contributed by atoms with Crippen molar-refractivity contribution in [3.63, 3.8) is 0 Å². The van der Waals surface area contributed by atoms with E-state index in [0.717, 1.165) is 22.6 Å². The van der Waals surface area contributed by atoms with E-state index in [1.165, 1.54) is 0 Å². The normalized spacial score (nSPS) is 14.1. The van der Waals surface area contributed by atoms with E-state index >= 15 is 0 Å². The summed E-state index contributed by atoms with van der Waals surface area (Å²) in [7, 11) is 0. The van der Waals surface area contributed by atoms with Crippen molar-refractivity contribution in [3.8, 4) is 5.75 Å². The van der Waals surface area contributed by atoms with Gasteiger partial charge in [0.15, 0.2) is 0 Å². The first-order valence-electron chi connectivity index (χ1n) is 11.5. The van der Waals surface area contributed by atoms with Gasteiger partial charge in [-0.05, 0) is 43.7 Å². The van der Waals surface area contributed by atoms with Gasteiger partial charge in [0.1, 0.15) is 18.1 Å². The quantitative estimate of drug-likeness (QED) is 0.554. The minimum atomic E-state index is -0.00884. The summed E-state index contributed by atoms with van der Waals surface area (Å²) >= 11 is 0. The van der Waals surface area contributed by atoms with Crippen LogP contribution in [0.2, 0.25) is 0 Å². The Morgan fingerprint density at radius 3 is 2.35 bits per heavy atom. The molecule has 3 aromatic rings. The fourth-order valence-electron chi connectivity index (χ4n) is 3.90. The Hall–Kier alpha value is -3.65. The molecule has 1 saturated heterocycles. The van der Waals surface area contributed by atoms with Crippen LogP contribution < -0.4 is 10.1 Å². The van der Waals surface area contributed by atoms with Crippen LogP contribution in [0.1, 0.15) is 32.9 Å². The van der Waals surface area contributed by atoms with E-state index in [1.54, 1.807) is 24.3 Å². The highest BCUT2D eigenvalue weighted by molar-refractivity contribution is 5.94. The second-order valence-electron chi connectivity index (χ2n) is 8.45. The van der Waals surface area contributed by atoms with Gasteiger partial charge < -0.3 is 19.5 Å². The van der Waals surface area contributed by atoms with Gasteiger partial charge in [-0.2, -0.15) is 0 Å². The van der Waals surface area contributed by atoms with Crippen LogP contribution >= 0.6 is 0 Å². The molecule has 2 heterocycles. The maximum atomic E-state index is 12.9. The first-order chi connectivity index (χ1) is 16.5. The van der Waals surface area contributed by atoms with E-state index in [9.17, 15) is 9.59 Å². The van der Waals surface area contributed by atoms with Crippen LogP contribution in [0.3, 0.4) is 0 Å². The average molecular weight is 463 g/mol. The molecule has 0 atom stereocenters. The lowest BCUT2D eigenvalue weighted by Crippen LogP contribution is -2.51. The Morgan fingerprint density at radius 2 is 1.71 bits per heavy atom. The Bertz CT molecular complexity index is 1080. The predicted molar refractivity (Wildman–Crippen MR) is 127 cm³/mol. The van der Waals surface area contributed by atoms with Crippen LogP contribution in [0.25, 0.3) is 0 Å². The lowest BCUT2D eigenvalue weighted by atomic mass is 10.1. The van der Waals surface area contributed by atoms with E-state index in [4.69, 9.17) is 9.26 Å². The molecule has 1 fully saturated rings. The van der Waals surface area contributed by atoms with Crippen molar-refractivity contribution >= 4 is 11.8 Å². The Balaban J connectivity index is 1.21. The minimum Gasteiger partial charge on any atom is -0.489 e. The fourth-order valence-corrected chi connectivity index (χ4v) is 3.90. The van der Waals surface area contributed by atoms with E-state index in [2.05, 4.69) is 15.4 Å². The van der Waals surface area contributed by atoms with Gasteiger partial charge in [-0.3, -0.25) is 14.5 Å². The van der Waals surface area contributed by atoms with Crippen LogP contribution in [0.15, 0.2) is 59.1 Å². The van der Waals surface area contributed by atoms with Gasteiger partial charge in [0.2, 0.25) is 5.91 Å². The highest BCUT2D eigenvalue weighted by atomic mass is 16.5. The molecule has 0 spiro atoms. The number of aromatic nitrogens is 1. The summed E-state index contributed by atoms with van der Waals surface area (Å²) in [5.74, 6) is 1.42. The summed E-state index contributed by atoms with van der Waals surface area (Å²) in [5, 5.41) is 6.88. The second-order valence-corrected chi connectivity index (χ2v) is 8.45. The van der Waals surface area contributed by atoms with Crippen molar-refractivity contribution < 1.29 is 18.8 Å². The van der Waals surface area contributed by atoms with Crippen molar-refractivity contribution in [2.45, 2.75) is 27.0 Å². The topological polar surface area (TPSA) is 87.9 Å². The number of nitrogens with one attached hydrogen (secondary N) is 1. The molecule has 2 amide bonds. The van der Waals surface area contributed by atoms with Crippen LogP contribution in [0.5, 0.6) is 5.75 Å². The smallest absolute Gasteiger partial charge is 0.253 e.